The lowest BCUT2D eigenvalue weighted by Gasteiger charge is -2.20. The molecule has 21 heavy (non-hydrogen) atoms. The fourth-order valence-corrected chi connectivity index (χ4v) is 3.09. The number of carbonyl (C=O) groups excluding carboxylic acids is 1. The normalized spacial score (nSPS) is 24.9. The molecule has 114 valence electrons. The van der Waals surface area contributed by atoms with Crippen LogP contribution in [0.4, 0.5) is 5.69 Å². The fourth-order valence-electron chi connectivity index (χ4n) is 3.09. The molecule has 0 aromatic heterocycles. The number of nitrogens with one attached hydrogen (secondary N) is 2. The van der Waals surface area contributed by atoms with Gasteiger partial charge in [0.05, 0.1) is 17.7 Å². The number of aryl methyl sites for hydroxylation is 1. The SMILES string of the molecule is CCNc1ccc(C)cc1C(=O)NC1CCOC1C1CC1. The second-order valence-corrected chi connectivity index (χ2v) is 6.12. The van der Waals surface area contributed by atoms with Crippen molar-refractivity contribution in [2.75, 3.05) is 18.5 Å². The molecule has 0 spiro atoms. The summed E-state index contributed by atoms with van der Waals surface area (Å²) in [5.74, 6) is 0.666. The molecule has 1 saturated carbocycles. The zero-order valence-corrected chi connectivity index (χ0v) is 12.8. The highest BCUT2D eigenvalue weighted by Gasteiger charge is 2.41. The first-order valence-electron chi connectivity index (χ1n) is 7.96. The van der Waals surface area contributed by atoms with Crippen LogP contribution in [0.15, 0.2) is 18.2 Å². The number of hydrogen-bond donors (Lipinski definition) is 2. The van der Waals surface area contributed by atoms with Crippen LogP contribution >= 0.6 is 0 Å². The first-order valence-corrected chi connectivity index (χ1v) is 7.96. The van der Waals surface area contributed by atoms with Crippen molar-refractivity contribution in [3.8, 4) is 0 Å². The summed E-state index contributed by atoms with van der Waals surface area (Å²) < 4.78 is 5.80. The van der Waals surface area contributed by atoms with Crippen LogP contribution < -0.4 is 10.6 Å². The van der Waals surface area contributed by atoms with Gasteiger partial charge in [-0.3, -0.25) is 4.79 Å². The van der Waals surface area contributed by atoms with E-state index < -0.39 is 0 Å². The standard InChI is InChI=1S/C17H24N2O2/c1-3-18-14-7-4-11(2)10-13(14)17(20)19-15-8-9-21-16(15)12-5-6-12/h4,7,10,12,15-16,18H,3,5-6,8-9H2,1-2H3,(H,19,20). The highest BCUT2D eigenvalue weighted by atomic mass is 16.5. The number of ether oxygens (including phenoxy) is 1. The third-order valence-electron chi connectivity index (χ3n) is 4.33. The van der Waals surface area contributed by atoms with Gasteiger partial charge in [0.2, 0.25) is 0 Å². The van der Waals surface area contributed by atoms with Gasteiger partial charge in [-0.15, -0.1) is 0 Å². The molecular weight excluding hydrogens is 264 g/mol. The smallest absolute Gasteiger partial charge is 0.253 e. The molecular formula is C17H24N2O2. The Morgan fingerprint density at radius 2 is 2.14 bits per heavy atom. The molecule has 4 heteroatoms. The first kappa shape index (κ1) is 14.4. The maximum atomic E-state index is 12.6. The highest BCUT2D eigenvalue weighted by molar-refractivity contribution is 6.00. The van der Waals surface area contributed by atoms with Gasteiger partial charge in [0, 0.05) is 18.8 Å². The van der Waals surface area contributed by atoms with Gasteiger partial charge in [0.1, 0.15) is 0 Å². The zero-order chi connectivity index (χ0) is 14.8. The Bertz CT molecular complexity index is 526. The molecule has 1 aliphatic carbocycles. The number of rotatable bonds is 5. The molecule has 1 aromatic rings. The van der Waals surface area contributed by atoms with Crippen LogP contribution in [-0.4, -0.2) is 31.2 Å². The van der Waals surface area contributed by atoms with E-state index in [4.69, 9.17) is 4.74 Å². The zero-order valence-electron chi connectivity index (χ0n) is 12.8. The van der Waals surface area contributed by atoms with E-state index in [1.807, 2.05) is 32.0 Å². The van der Waals surface area contributed by atoms with E-state index in [-0.39, 0.29) is 18.1 Å². The number of amides is 1. The minimum absolute atomic E-state index is 0.0100. The lowest BCUT2D eigenvalue weighted by molar-refractivity contribution is 0.0730. The average Bonchev–Trinajstić information content (AvgIpc) is 3.21. The summed E-state index contributed by atoms with van der Waals surface area (Å²) in [5.41, 5.74) is 2.74. The lowest BCUT2D eigenvalue weighted by Crippen LogP contribution is -2.41. The first-order chi connectivity index (χ1) is 10.2. The highest BCUT2D eigenvalue weighted by Crippen LogP contribution is 2.38. The van der Waals surface area contributed by atoms with Gasteiger partial charge in [-0.05, 0) is 51.2 Å². The van der Waals surface area contributed by atoms with Gasteiger partial charge in [-0.1, -0.05) is 11.6 Å². The average molecular weight is 288 g/mol. The van der Waals surface area contributed by atoms with Crippen molar-refractivity contribution >= 4 is 11.6 Å². The third kappa shape index (κ3) is 3.21. The van der Waals surface area contributed by atoms with E-state index in [2.05, 4.69) is 10.6 Å². The Hall–Kier alpha value is -1.55. The summed E-state index contributed by atoms with van der Waals surface area (Å²) in [6.07, 6.45) is 3.63. The van der Waals surface area contributed by atoms with Gasteiger partial charge >= 0.3 is 0 Å². The van der Waals surface area contributed by atoms with Crippen LogP contribution in [0.2, 0.25) is 0 Å². The predicted molar refractivity (Wildman–Crippen MR) is 83.7 cm³/mol. The summed E-state index contributed by atoms with van der Waals surface area (Å²) in [7, 11) is 0. The van der Waals surface area contributed by atoms with Crippen LogP contribution in [0, 0.1) is 12.8 Å². The largest absolute Gasteiger partial charge is 0.385 e. The van der Waals surface area contributed by atoms with Crippen molar-refractivity contribution in [2.24, 2.45) is 5.92 Å². The number of carbonyl (C=O) groups is 1. The van der Waals surface area contributed by atoms with Crippen molar-refractivity contribution in [2.45, 2.75) is 45.3 Å². The van der Waals surface area contributed by atoms with E-state index in [0.29, 0.717) is 5.92 Å². The molecule has 1 amide bonds. The monoisotopic (exact) mass is 288 g/mol. The molecule has 0 radical (unpaired) electrons. The molecule has 2 atom stereocenters. The maximum Gasteiger partial charge on any atom is 0.253 e. The Labute approximate surface area is 126 Å². The van der Waals surface area contributed by atoms with Gasteiger partial charge in [0.25, 0.3) is 5.91 Å². The van der Waals surface area contributed by atoms with E-state index in [1.165, 1.54) is 12.8 Å². The second-order valence-electron chi connectivity index (χ2n) is 6.12. The maximum absolute atomic E-state index is 12.6. The van der Waals surface area contributed by atoms with Crippen LogP contribution in [0.3, 0.4) is 0 Å². The summed E-state index contributed by atoms with van der Waals surface area (Å²) in [6.45, 7) is 5.62. The molecule has 1 saturated heterocycles. The Morgan fingerprint density at radius 1 is 1.33 bits per heavy atom. The second kappa shape index (κ2) is 6.06. The molecule has 3 rings (SSSR count). The topological polar surface area (TPSA) is 50.4 Å². The fraction of sp³-hybridized carbons (Fsp3) is 0.588. The molecule has 2 unspecified atom stereocenters. The Morgan fingerprint density at radius 3 is 2.86 bits per heavy atom. The minimum Gasteiger partial charge on any atom is -0.385 e. The number of hydrogen-bond acceptors (Lipinski definition) is 3. The van der Waals surface area contributed by atoms with Gasteiger partial charge in [-0.2, -0.15) is 0 Å². The molecule has 1 aliphatic heterocycles. The summed E-state index contributed by atoms with van der Waals surface area (Å²) in [4.78, 5) is 12.6. The minimum atomic E-state index is 0.0100. The molecule has 4 nitrogen and oxygen atoms in total. The van der Waals surface area contributed by atoms with Crippen LogP contribution in [0.25, 0.3) is 0 Å². The van der Waals surface area contributed by atoms with E-state index in [0.717, 1.165) is 36.4 Å². The Kier molecular flexibility index (Phi) is 4.15. The van der Waals surface area contributed by atoms with Crippen LogP contribution in [0.5, 0.6) is 0 Å². The van der Waals surface area contributed by atoms with Crippen LogP contribution in [0.1, 0.15) is 42.1 Å². The summed E-state index contributed by atoms with van der Waals surface area (Å²) in [5, 5.41) is 6.45. The summed E-state index contributed by atoms with van der Waals surface area (Å²) >= 11 is 0. The lowest BCUT2D eigenvalue weighted by atomic mass is 10.0. The van der Waals surface area contributed by atoms with Crippen molar-refractivity contribution in [1.82, 2.24) is 5.32 Å². The molecule has 0 bridgehead atoms. The van der Waals surface area contributed by atoms with Crippen molar-refractivity contribution in [3.05, 3.63) is 29.3 Å². The number of anilines is 1. The molecule has 1 heterocycles. The number of benzene rings is 1. The summed E-state index contributed by atoms with van der Waals surface area (Å²) in [6, 6.07) is 6.13. The van der Waals surface area contributed by atoms with Gasteiger partial charge < -0.3 is 15.4 Å². The molecule has 1 aromatic carbocycles. The van der Waals surface area contributed by atoms with Crippen molar-refractivity contribution < 1.29 is 9.53 Å². The van der Waals surface area contributed by atoms with Gasteiger partial charge in [0.15, 0.2) is 0 Å². The van der Waals surface area contributed by atoms with E-state index in [9.17, 15) is 4.79 Å². The van der Waals surface area contributed by atoms with Crippen LogP contribution in [-0.2, 0) is 4.74 Å². The third-order valence-corrected chi connectivity index (χ3v) is 4.33. The molecule has 2 fully saturated rings. The van der Waals surface area contributed by atoms with Crippen molar-refractivity contribution in [3.63, 3.8) is 0 Å². The Balaban J connectivity index is 1.73. The van der Waals surface area contributed by atoms with E-state index in [1.54, 1.807) is 0 Å². The van der Waals surface area contributed by atoms with Crippen molar-refractivity contribution in [1.29, 1.82) is 0 Å². The quantitative estimate of drug-likeness (QED) is 0.876. The molecule has 2 N–H and O–H groups in total. The molecule has 2 aliphatic rings. The van der Waals surface area contributed by atoms with E-state index >= 15 is 0 Å². The van der Waals surface area contributed by atoms with Gasteiger partial charge in [-0.25, -0.2) is 0 Å². The predicted octanol–water partition coefficient (Wildman–Crippen LogP) is 2.72.